The summed E-state index contributed by atoms with van der Waals surface area (Å²) in [4.78, 5) is 2.73. The summed E-state index contributed by atoms with van der Waals surface area (Å²) in [6.07, 6.45) is 7.22. The van der Waals surface area contributed by atoms with E-state index in [9.17, 15) is 0 Å². The first-order chi connectivity index (χ1) is 5.70. The Bertz CT molecular complexity index is 156. The van der Waals surface area contributed by atoms with Crippen molar-refractivity contribution in [2.24, 2.45) is 5.41 Å². The highest BCUT2D eigenvalue weighted by Crippen LogP contribution is 2.41. The second-order valence-electron chi connectivity index (χ2n) is 5.14. The van der Waals surface area contributed by atoms with Gasteiger partial charge in [-0.3, -0.25) is 4.90 Å². The molecule has 0 bridgehead atoms. The van der Waals surface area contributed by atoms with Gasteiger partial charge in [0.05, 0.1) is 0 Å². The monoisotopic (exact) mass is 167 g/mol. The van der Waals surface area contributed by atoms with Gasteiger partial charge >= 0.3 is 0 Å². The third-order valence-corrected chi connectivity index (χ3v) is 3.78. The van der Waals surface area contributed by atoms with E-state index in [4.69, 9.17) is 0 Å². The molecule has 2 aliphatic rings. The Morgan fingerprint density at radius 1 is 1.08 bits per heavy atom. The van der Waals surface area contributed by atoms with Crippen molar-refractivity contribution in [3.63, 3.8) is 0 Å². The van der Waals surface area contributed by atoms with Crippen molar-refractivity contribution in [2.45, 2.75) is 52.0 Å². The second-order valence-corrected chi connectivity index (χ2v) is 5.14. The van der Waals surface area contributed by atoms with Crippen LogP contribution in [0.25, 0.3) is 0 Å². The molecule has 1 saturated heterocycles. The third kappa shape index (κ3) is 1.39. The van der Waals surface area contributed by atoms with Crippen LogP contribution in [0.5, 0.6) is 0 Å². The minimum atomic E-state index is 0.602. The molecule has 70 valence electrons. The Balaban J connectivity index is 2.02. The summed E-state index contributed by atoms with van der Waals surface area (Å²) in [7, 11) is 0. The Morgan fingerprint density at radius 3 is 2.25 bits per heavy atom. The lowest BCUT2D eigenvalue weighted by Gasteiger charge is -2.34. The molecular formula is C11H21N. The SMILES string of the molecule is CC1(C)CCCC1N1CCCC1. The second kappa shape index (κ2) is 3.02. The highest BCUT2D eigenvalue weighted by atomic mass is 15.2. The first-order valence-electron chi connectivity index (χ1n) is 5.44. The zero-order valence-corrected chi connectivity index (χ0v) is 8.47. The number of nitrogens with zero attached hydrogens (tertiary/aromatic N) is 1. The molecule has 1 saturated carbocycles. The van der Waals surface area contributed by atoms with Crippen molar-refractivity contribution < 1.29 is 0 Å². The maximum absolute atomic E-state index is 2.73. The van der Waals surface area contributed by atoms with Gasteiger partial charge in [0.2, 0.25) is 0 Å². The average Bonchev–Trinajstić information content (AvgIpc) is 2.55. The Labute approximate surface area is 76.1 Å². The van der Waals surface area contributed by atoms with E-state index in [1.54, 1.807) is 0 Å². The van der Waals surface area contributed by atoms with Crippen molar-refractivity contribution in [3.8, 4) is 0 Å². The number of likely N-dealkylation sites (tertiary alicyclic amines) is 1. The van der Waals surface area contributed by atoms with Crippen LogP contribution in [0.2, 0.25) is 0 Å². The van der Waals surface area contributed by atoms with Crippen LogP contribution in [0.4, 0.5) is 0 Å². The molecule has 2 fully saturated rings. The maximum Gasteiger partial charge on any atom is 0.0146 e. The number of hydrogen-bond donors (Lipinski definition) is 0. The predicted octanol–water partition coefficient (Wildman–Crippen LogP) is 2.66. The normalized spacial score (nSPS) is 36.0. The van der Waals surface area contributed by atoms with Gasteiger partial charge in [0.25, 0.3) is 0 Å². The van der Waals surface area contributed by atoms with E-state index in [-0.39, 0.29) is 0 Å². The quantitative estimate of drug-likeness (QED) is 0.580. The van der Waals surface area contributed by atoms with Gasteiger partial charge in [0.15, 0.2) is 0 Å². The smallest absolute Gasteiger partial charge is 0.0146 e. The van der Waals surface area contributed by atoms with Gasteiger partial charge in [-0.05, 0) is 44.2 Å². The van der Waals surface area contributed by atoms with Crippen LogP contribution in [0.1, 0.15) is 46.0 Å². The summed E-state index contributed by atoms with van der Waals surface area (Å²) >= 11 is 0. The highest BCUT2D eigenvalue weighted by Gasteiger charge is 2.38. The summed E-state index contributed by atoms with van der Waals surface area (Å²) in [5.74, 6) is 0. The Hall–Kier alpha value is -0.0400. The summed E-state index contributed by atoms with van der Waals surface area (Å²) in [6.45, 7) is 7.63. The van der Waals surface area contributed by atoms with Crippen LogP contribution in [0.15, 0.2) is 0 Å². The summed E-state index contributed by atoms with van der Waals surface area (Å²) < 4.78 is 0. The molecule has 0 N–H and O–H groups in total. The number of rotatable bonds is 1. The number of hydrogen-bond acceptors (Lipinski definition) is 1. The molecule has 0 spiro atoms. The largest absolute Gasteiger partial charge is 0.300 e. The fraction of sp³-hybridized carbons (Fsp3) is 1.00. The van der Waals surface area contributed by atoms with E-state index in [0.717, 1.165) is 6.04 Å². The molecule has 1 atom stereocenters. The van der Waals surface area contributed by atoms with Gasteiger partial charge < -0.3 is 0 Å². The van der Waals surface area contributed by atoms with E-state index >= 15 is 0 Å². The van der Waals surface area contributed by atoms with Crippen LogP contribution in [-0.2, 0) is 0 Å². The van der Waals surface area contributed by atoms with Crippen molar-refractivity contribution in [2.75, 3.05) is 13.1 Å². The molecular weight excluding hydrogens is 146 g/mol. The summed E-state index contributed by atoms with van der Waals surface area (Å²) in [5.41, 5.74) is 0.602. The van der Waals surface area contributed by atoms with Crippen molar-refractivity contribution in [3.05, 3.63) is 0 Å². The van der Waals surface area contributed by atoms with Gasteiger partial charge in [-0.15, -0.1) is 0 Å². The first kappa shape index (κ1) is 8.55. The van der Waals surface area contributed by atoms with Crippen molar-refractivity contribution >= 4 is 0 Å². The van der Waals surface area contributed by atoms with Crippen LogP contribution in [0.3, 0.4) is 0 Å². The van der Waals surface area contributed by atoms with Gasteiger partial charge in [-0.1, -0.05) is 20.3 Å². The lowest BCUT2D eigenvalue weighted by Crippen LogP contribution is -2.39. The standard InChI is InChI=1S/C11H21N/c1-11(2)7-5-6-10(11)12-8-3-4-9-12/h10H,3-9H2,1-2H3. The molecule has 1 nitrogen and oxygen atoms in total. The molecule has 0 aromatic rings. The lowest BCUT2D eigenvalue weighted by atomic mass is 9.86. The maximum atomic E-state index is 2.73. The van der Waals surface area contributed by atoms with Gasteiger partial charge in [0.1, 0.15) is 0 Å². The molecule has 0 aromatic heterocycles. The molecule has 0 radical (unpaired) electrons. The lowest BCUT2D eigenvalue weighted by molar-refractivity contribution is 0.140. The molecule has 1 heteroatoms. The molecule has 0 amide bonds. The van der Waals surface area contributed by atoms with Crippen LogP contribution < -0.4 is 0 Å². The van der Waals surface area contributed by atoms with Gasteiger partial charge in [-0.2, -0.15) is 0 Å². The molecule has 12 heavy (non-hydrogen) atoms. The van der Waals surface area contributed by atoms with E-state index in [1.807, 2.05) is 0 Å². The highest BCUT2D eigenvalue weighted by molar-refractivity contribution is 4.93. The summed E-state index contributed by atoms with van der Waals surface area (Å²) in [5, 5.41) is 0. The summed E-state index contributed by atoms with van der Waals surface area (Å²) in [6, 6.07) is 0.903. The average molecular weight is 167 g/mol. The van der Waals surface area contributed by atoms with Crippen molar-refractivity contribution in [1.82, 2.24) is 4.90 Å². The molecule has 1 aliphatic carbocycles. The third-order valence-electron chi connectivity index (χ3n) is 3.78. The zero-order valence-electron chi connectivity index (χ0n) is 8.47. The van der Waals surface area contributed by atoms with Crippen LogP contribution >= 0.6 is 0 Å². The first-order valence-corrected chi connectivity index (χ1v) is 5.44. The minimum Gasteiger partial charge on any atom is -0.300 e. The Kier molecular flexibility index (Phi) is 2.16. The van der Waals surface area contributed by atoms with E-state index in [1.165, 1.54) is 45.2 Å². The van der Waals surface area contributed by atoms with Crippen LogP contribution in [0, 0.1) is 5.41 Å². The Morgan fingerprint density at radius 2 is 1.75 bits per heavy atom. The zero-order chi connectivity index (χ0) is 8.60. The molecule has 1 unspecified atom stereocenters. The van der Waals surface area contributed by atoms with Crippen LogP contribution in [-0.4, -0.2) is 24.0 Å². The fourth-order valence-electron chi connectivity index (χ4n) is 3.04. The van der Waals surface area contributed by atoms with Crippen molar-refractivity contribution in [1.29, 1.82) is 0 Å². The minimum absolute atomic E-state index is 0.602. The van der Waals surface area contributed by atoms with Gasteiger partial charge in [-0.25, -0.2) is 0 Å². The fourth-order valence-corrected chi connectivity index (χ4v) is 3.04. The van der Waals surface area contributed by atoms with E-state index < -0.39 is 0 Å². The predicted molar refractivity (Wildman–Crippen MR) is 52.2 cm³/mol. The van der Waals surface area contributed by atoms with E-state index in [2.05, 4.69) is 18.7 Å². The van der Waals surface area contributed by atoms with E-state index in [0.29, 0.717) is 5.41 Å². The molecule has 1 aliphatic heterocycles. The molecule has 0 aromatic carbocycles. The molecule has 1 heterocycles. The van der Waals surface area contributed by atoms with Gasteiger partial charge in [0, 0.05) is 6.04 Å². The topological polar surface area (TPSA) is 3.24 Å². The molecule has 2 rings (SSSR count).